The molecule has 2 aromatic rings. The first kappa shape index (κ1) is 21.7. The predicted molar refractivity (Wildman–Crippen MR) is 117 cm³/mol. The summed E-state index contributed by atoms with van der Waals surface area (Å²) in [6, 6.07) is 13.4. The quantitative estimate of drug-likeness (QED) is 0.604. The van der Waals surface area contributed by atoms with Gasteiger partial charge in [0.1, 0.15) is 0 Å². The highest BCUT2D eigenvalue weighted by Crippen LogP contribution is 2.21. The molecule has 0 radical (unpaired) electrons. The van der Waals surface area contributed by atoms with E-state index >= 15 is 0 Å². The number of hydrogen-bond acceptors (Lipinski definition) is 2. The number of halogens is 2. The second-order valence-corrected chi connectivity index (χ2v) is 8.22. The molecule has 0 spiro atoms. The third-order valence-corrected chi connectivity index (χ3v) is 5.04. The Kier molecular flexibility index (Phi) is 8.08. The molecule has 0 aliphatic heterocycles. The summed E-state index contributed by atoms with van der Waals surface area (Å²) in [5.74, 6) is 0.164. The fourth-order valence-corrected chi connectivity index (χ4v) is 3.32. The lowest BCUT2D eigenvalue weighted by atomic mass is 9.96. The molecule has 144 valence electrons. The molecule has 0 aliphatic carbocycles. The highest BCUT2D eigenvalue weighted by atomic mass is 35.5. The van der Waals surface area contributed by atoms with Crippen molar-refractivity contribution in [2.45, 2.75) is 39.7 Å². The van der Waals surface area contributed by atoms with Crippen LogP contribution in [0.15, 0.2) is 42.5 Å². The monoisotopic (exact) mass is 422 g/mol. The first-order valence-electron chi connectivity index (χ1n) is 8.87. The Labute approximate surface area is 176 Å². The standard InChI is InChI=1S/C21H24Cl2N2OS/c1-13(2)10-15-4-6-16(7-5-15)14(3)20(26)25-21(27)24-12-17-8-9-18(22)11-19(17)23/h4-9,11,13-14H,10,12H2,1-3H3,(H2,24,25,26,27). The zero-order chi connectivity index (χ0) is 20.0. The molecular formula is C21H24Cl2N2OS. The van der Waals surface area contributed by atoms with Crippen LogP contribution in [0.2, 0.25) is 10.0 Å². The first-order valence-corrected chi connectivity index (χ1v) is 10.0. The normalized spacial score (nSPS) is 11.9. The van der Waals surface area contributed by atoms with Gasteiger partial charge in [-0.3, -0.25) is 4.79 Å². The molecule has 0 saturated carbocycles. The van der Waals surface area contributed by atoms with E-state index in [4.69, 9.17) is 35.4 Å². The van der Waals surface area contributed by atoms with Gasteiger partial charge in [-0.1, -0.05) is 67.4 Å². The van der Waals surface area contributed by atoms with Gasteiger partial charge in [0.05, 0.1) is 5.92 Å². The fraction of sp³-hybridized carbons (Fsp3) is 0.333. The second-order valence-electron chi connectivity index (χ2n) is 6.97. The van der Waals surface area contributed by atoms with Crippen LogP contribution in [0, 0.1) is 5.92 Å². The molecule has 6 heteroatoms. The molecule has 2 rings (SSSR count). The second kappa shape index (κ2) is 10.1. The van der Waals surface area contributed by atoms with Gasteiger partial charge >= 0.3 is 0 Å². The van der Waals surface area contributed by atoms with Gasteiger partial charge in [-0.15, -0.1) is 0 Å². The summed E-state index contributed by atoms with van der Waals surface area (Å²) in [6.45, 7) is 6.66. The summed E-state index contributed by atoms with van der Waals surface area (Å²) in [5.41, 5.74) is 3.09. The summed E-state index contributed by atoms with van der Waals surface area (Å²) >= 11 is 17.3. The van der Waals surface area contributed by atoms with Gasteiger partial charge in [-0.25, -0.2) is 0 Å². The fourth-order valence-electron chi connectivity index (χ4n) is 2.67. The smallest absolute Gasteiger partial charge is 0.233 e. The van der Waals surface area contributed by atoms with Crippen LogP contribution in [0.5, 0.6) is 0 Å². The van der Waals surface area contributed by atoms with E-state index in [9.17, 15) is 4.79 Å². The average molecular weight is 423 g/mol. The van der Waals surface area contributed by atoms with Crippen LogP contribution in [0.25, 0.3) is 0 Å². The summed E-state index contributed by atoms with van der Waals surface area (Å²) in [5, 5.41) is 7.14. The largest absolute Gasteiger partial charge is 0.358 e. The van der Waals surface area contributed by atoms with E-state index in [2.05, 4.69) is 36.6 Å². The average Bonchev–Trinajstić information content (AvgIpc) is 2.60. The zero-order valence-corrected chi connectivity index (χ0v) is 18.0. The predicted octanol–water partition coefficient (Wildman–Crippen LogP) is 5.49. The maximum Gasteiger partial charge on any atom is 0.233 e. The van der Waals surface area contributed by atoms with Crippen molar-refractivity contribution in [1.29, 1.82) is 0 Å². The minimum atomic E-state index is -0.294. The van der Waals surface area contributed by atoms with Gasteiger partial charge in [0.25, 0.3) is 0 Å². The molecule has 1 amide bonds. The molecular weight excluding hydrogens is 399 g/mol. The third-order valence-electron chi connectivity index (χ3n) is 4.21. The molecule has 0 heterocycles. The van der Waals surface area contributed by atoms with Crippen molar-refractivity contribution < 1.29 is 4.79 Å². The zero-order valence-electron chi connectivity index (χ0n) is 15.7. The van der Waals surface area contributed by atoms with Crippen molar-refractivity contribution in [2.24, 2.45) is 5.92 Å². The number of rotatable bonds is 6. The number of amides is 1. The Morgan fingerprint density at radius 3 is 2.33 bits per heavy atom. The Hall–Kier alpha value is -1.62. The lowest BCUT2D eigenvalue weighted by Crippen LogP contribution is -2.40. The van der Waals surface area contributed by atoms with Crippen molar-refractivity contribution in [3.05, 3.63) is 69.2 Å². The van der Waals surface area contributed by atoms with Crippen molar-refractivity contribution in [3.63, 3.8) is 0 Å². The Morgan fingerprint density at radius 1 is 1.07 bits per heavy atom. The number of benzene rings is 2. The molecule has 3 nitrogen and oxygen atoms in total. The topological polar surface area (TPSA) is 41.1 Å². The van der Waals surface area contributed by atoms with Crippen molar-refractivity contribution in [3.8, 4) is 0 Å². The van der Waals surface area contributed by atoms with Crippen molar-refractivity contribution >= 4 is 46.4 Å². The van der Waals surface area contributed by atoms with Crippen molar-refractivity contribution in [1.82, 2.24) is 10.6 Å². The minimum absolute atomic E-state index is 0.147. The van der Waals surface area contributed by atoms with Gasteiger partial charge in [-0.2, -0.15) is 0 Å². The summed E-state index contributed by atoms with van der Waals surface area (Å²) in [7, 11) is 0. The summed E-state index contributed by atoms with van der Waals surface area (Å²) in [6.07, 6.45) is 1.03. The molecule has 1 unspecified atom stereocenters. The molecule has 2 N–H and O–H groups in total. The van der Waals surface area contributed by atoms with Crippen LogP contribution < -0.4 is 10.6 Å². The Balaban J connectivity index is 1.88. The Bertz CT molecular complexity index is 806. The SMILES string of the molecule is CC(C)Cc1ccc(C(C)C(=O)NC(=S)NCc2ccc(Cl)cc2Cl)cc1. The lowest BCUT2D eigenvalue weighted by molar-refractivity contribution is -0.120. The first-order chi connectivity index (χ1) is 12.8. The van der Waals surface area contributed by atoms with Gasteiger partial charge < -0.3 is 10.6 Å². The number of carbonyl (C=O) groups is 1. The lowest BCUT2D eigenvalue weighted by Gasteiger charge is -2.15. The van der Waals surface area contributed by atoms with Crippen LogP contribution in [-0.2, 0) is 17.8 Å². The van der Waals surface area contributed by atoms with Crippen LogP contribution in [0.3, 0.4) is 0 Å². The molecule has 1 atom stereocenters. The van der Waals surface area contributed by atoms with E-state index in [0.717, 1.165) is 17.5 Å². The molecule has 27 heavy (non-hydrogen) atoms. The molecule has 0 bridgehead atoms. The van der Waals surface area contributed by atoms with E-state index in [1.54, 1.807) is 12.1 Å². The van der Waals surface area contributed by atoms with Gasteiger partial charge in [0, 0.05) is 16.6 Å². The number of thiocarbonyl (C=S) groups is 1. The van der Waals surface area contributed by atoms with Crippen LogP contribution in [0.4, 0.5) is 0 Å². The van der Waals surface area contributed by atoms with Crippen LogP contribution in [0.1, 0.15) is 43.4 Å². The van der Waals surface area contributed by atoms with Crippen LogP contribution in [-0.4, -0.2) is 11.0 Å². The van der Waals surface area contributed by atoms with Crippen LogP contribution >= 0.6 is 35.4 Å². The van der Waals surface area contributed by atoms with Gasteiger partial charge in [0.2, 0.25) is 5.91 Å². The summed E-state index contributed by atoms with van der Waals surface area (Å²) in [4.78, 5) is 12.5. The molecule has 0 saturated heterocycles. The highest BCUT2D eigenvalue weighted by Gasteiger charge is 2.16. The minimum Gasteiger partial charge on any atom is -0.358 e. The van der Waals surface area contributed by atoms with E-state index < -0.39 is 0 Å². The molecule has 2 aromatic carbocycles. The number of nitrogens with one attached hydrogen (secondary N) is 2. The summed E-state index contributed by atoms with van der Waals surface area (Å²) < 4.78 is 0. The van der Waals surface area contributed by atoms with Crippen molar-refractivity contribution in [2.75, 3.05) is 0 Å². The van der Waals surface area contributed by atoms with E-state index in [0.29, 0.717) is 22.5 Å². The van der Waals surface area contributed by atoms with E-state index in [1.165, 1.54) is 5.56 Å². The van der Waals surface area contributed by atoms with Gasteiger partial charge in [-0.05, 0) is 60.3 Å². The number of hydrogen-bond donors (Lipinski definition) is 2. The molecule has 0 aromatic heterocycles. The maximum absolute atomic E-state index is 12.5. The van der Waals surface area contributed by atoms with Gasteiger partial charge in [0.15, 0.2) is 5.11 Å². The maximum atomic E-state index is 12.5. The van der Waals surface area contributed by atoms with E-state index in [-0.39, 0.29) is 16.9 Å². The third kappa shape index (κ3) is 6.80. The molecule has 0 aliphatic rings. The number of carbonyl (C=O) groups excluding carboxylic acids is 1. The Morgan fingerprint density at radius 2 is 1.74 bits per heavy atom. The molecule has 0 fully saturated rings. The highest BCUT2D eigenvalue weighted by molar-refractivity contribution is 7.80. The van der Waals surface area contributed by atoms with E-state index in [1.807, 2.05) is 25.1 Å².